The summed E-state index contributed by atoms with van der Waals surface area (Å²) >= 11 is 0. The molecule has 0 aliphatic rings. The lowest BCUT2D eigenvalue weighted by Crippen LogP contribution is -2.16. The molecule has 0 aromatic heterocycles. The fourth-order valence-corrected chi connectivity index (χ4v) is 8.01. The van der Waals surface area contributed by atoms with E-state index in [1.165, 1.54) is 22.3 Å². The minimum absolute atomic E-state index is 0.0218. The summed E-state index contributed by atoms with van der Waals surface area (Å²) in [6, 6.07) is 37.8. The Labute approximate surface area is 373 Å². The Bertz CT molecular complexity index is 2490. The van der Waals surface area contributed by atoms with Gasteiger partial charge in [0.05, 0.1) is 13.2 Å². The van der Waals surface area contributed by atoms with Gasteiger partial charge in [-0.1, -0.05) is 149 Å². The summed E-state index contributed by atoms with van der Waals surface area (Å²) in [6.07, 6.45) is 2.63. The molecule has 62 heavy (non-hydrogen) atoms. The van der Waals surface area contributed by atoms with Crippen molar-refractivity contribution in [3.63, 3.8) is 0 Å². The van der Waals surface area contributed by atoms with Crippen LogP contribution < -0.4 is 9.47 Å². The third-order valence-electron chi connectivity index (χ3n) is 11.9. The number of para-hydroxylation sites is 2. The second kappa shape index (κ2) is 18.5. The first kappa shape index (κ1) is 46.0. The van der Waals surface area contributed by atoms with E-state index >= 15 is 0 Å². The number of ether oxygens (including phenoxy) is 2. The minimum Gasteiger partial charge on any atom is -0.507 e. The first-order valence-electron chi connectivity index (χ1n) is 22.6. The van der Waals surface area contributed by atoms with E-state index in [4.69, 9.17) is 9.47 Å². The molecular formula is C58H70O4. The molecule has 0 spiro atoms. The second-order valence-corrected chi connectivity index (χ2v) is 20.7. The highest BCUT2D eigenvalue weighted by atomic mass is 16.5. The van der Waals surface area contributed by atoms with Crippen LogP contribution in [0.25, 0.3) is 44.5 Å². The zero-order valence-electron chi connectivity index (χ0n) is 39.7. The van der Waals surface area contributed by atoms with Gasteiger partial charge in [-0.15, -0.1) is 0 Å². The number of phenols is 2. The molecule has 6 rings (SSSR count). The van der Waals surface area contributed by atoms with Gasteiger partial charge in [-0.05, 0) is 136 Å². The van der Waals surface area contributed by atoms with Crippen LogP contribution in [-0.2, 0) is 16.2 Å². The molecule has 0 aliphatic carbocycles. The average Bonchev–Trinajstić information content (AvgIpc) is 3.21. The highest BCUT2D eigenvalue weighted by Gasteiger charge is 2.24. The fourth-order valence-electron chi connectivity index (χ4n) is 8.01. The molecule has 326 valence electrons. The number of aromatic hydroxyl groups is 2. The van der Waals surface area contributed by atoms with Crippen molar-refractivity contribution in [2.24, 2.45) is 0 Å². The first-order chi connectivity index (χ1) is 29.1. The Morgan fingerprint density at radius 3 is 1.21 bits per heavy atom. The third-order valence-corrected chi connectivity index (χ3v) is 11.9. The molecule has 0 unspecified atom stereocenters. The predicted octanol–water partition coefficient (Wildman–Crippen LogP) is 16.0. The van der Waals surface area contributed by atoms with E-state index in [1.807, 2.05) is 48.5 Å². The van der Waals surface area contributed by atoms with Crippen molar-refractivity contribution in [2.75, 3.05) is 13.2 Å². The topological polar surface area (TPSA) is 58.9 Å². The maximum absolute atomic E-state index is 12.0. The molecule has 2 N–H and O–H groups in total. The Balaban J connectivity index is 1.14. The molecule has 0 saturated carbocycles. The summed E-state index contributed by atoms with van der Waals surface area (Å²) in [5, 5.41) is 23.9. The average molecular weight is 831 g/mol. The Kier molecular flexibility index (Phi) is 13.7. The lowest BCUT2D eigenvalue weighted by molar-refractivity contribution is 0.280. The van der Waals surface area contributed by atoms with Crippen LogP contribution in [0, 0.1) is 13.8 Å². The molecular weight excluding hydrogens is 761 g/mol. The lowest BCUT2D eigenvalue weighted by Gasteiger charge is -2.26. The Morgan fingerprint density at radius 1 is 0.435 bits per heavy atom. The monoisotopic (exact) mass is 831 g/mol. The summed E-state index contributed by atoms with van der Waals surface area (Å²) in [5.74, 6) is 2.41. The first-order valence-corrected chi connectivity index (χ1v) is 22.6. The van der Waals surface area contributed by atoms with Crippen LogP contribution in [0.3, 0.4) is 0 Å². The summed E-state index contributed by atoms with van der Waals surface area (Å²) in [7, 11) is 0. The van der Waals surface area contributed by atoms with E-state index in [0.29, 0.717) is 19.1 Å². The van der Waals surface area contributed by atoms with Crippen molar-refractivity contribution in [3.8, 4) is 67.5 Å². The molecule has 0 heterocycles. The summed E-state index contributed by atoms with van der Waals surface area (Å²) in [6.45, 7) is 29.9. The molecule has 0 bridgehead atoms. The predicted molar refractivity (Wildman–Crippen MR) is 262 cm³/mol. The van der Waals surface area contributed by atoms with Crippen molar-refractivity contribution >= 4 is 0 Å². The molecule has 0 aliphatic heterocycles. The molecule has 4 heteroatoms. The highest BCUT2D eigenvalue weighted by Crippen LogP contribution is 2.46. The maximum Gasteiger partial charge on any atom is 0.131 e. The zero-order chi connectivity index (χ0) is 45.1. The number of unbranched alkanes of at least 4 members (excludes halogenated alkanes) is 2. The van der Waals surface area contributed by atoms with E-state index < -0.39 is 0 Å². The molecule has 0 amide bonds. The van der Waals surface area contributed by atoms with E-state index in [0.717, 1.165) is 86.4 Å². The van der Waals surface area contributed by atoms with Gasteiger partial charge in [0.1, 0.15) is 23.0 Å². The fraction of sp³-hybridized carbons (Fsp3) is 0.379. The summed E-state index contributed by atoms with van der Waals surface area (Å²) in [4.78, 5) is 0. The summed E-state index contributed by atoms with van der Waals surface area (Å²) in [5.41, 5.74) is 14.1. The van der Waals surface area contributed by atoms with Gasteiger partial charge in [-0.3, -0.25) is 0 Å². The molecule has 6 aromatic rings. The zero-order valence-corrected chi connectivity index (χ0v) is 39.7. The molecule has 0 saturated heterocycles. The molecule has 0 radical (unpaired) electrons. The van der Waals surface area contributed by atoms with Crippen LogP contribution in [0.15, 0.2) is 109 Å². The van der Waals surface area contributed by atoms with Gasteiger partial charge < -0.3 is 19.7 Å². The number of phenolic OH excluding ortho intramolecular Hbond substituents is 2. The van der Waals surface area contributed by atoms with E-state index in [1.54, 1.807) is 0 Å². The van der Waals surface area contributed by atoms with Crippen LogP contribution in [-0.4, -0.2) is 23.4 Å². The van der Waals surface area contributed by atoms with Crippen molar-refractivity contribution in [1.82, 2.24) is 0 Å². The lowest BCUT2D eigenvalue weighted by atomic mass is 9.78. The number of benzene rings is 6. The number of aryl methyl sites for hydroxylation is 2. The molecule has 0 atom stereocenters. The Hall–Kier alpha value is -5.48. The van der Waals surface area contributed by atoms with Crippen LogP contribution >= 0.6 is 0 Å². The van der Waals surface area contributed by atoms with E-state index in [9.17, 15) is 10.2 Å². The SMILES string of the molecule is Cc1cc(-c2cc(C(C)C)cc(C(C)(C)C)c2)c(O)c(-c2ccccc2OCCCCCOc2ccccc2-c2cc(C)cc(-c3cc(C(C)(C)C)cc(C(C)(C)C)c3)c2O)c1. The largest absolute Gasteiger partial charge is 0.507 e. The highest BCUT2D eigenvalue weighted by molar-refractivity contribution is 5.87. The number of hydrogen-bond acceptors (Lipinski definition) is 4. The van der Waals surface area contributed by atoms with Gasteiger partial charge >= 0.3 is 0 Å². The third kappa shape index (κ3) is 10.8. The van der Waals surface area contributed by atoms with Crippen LogP contribution in [0.2, 0.25) is 0 Å². The number of rotatable bonds is 13. The van der Waals surface area contributed by atoms with Crippen molar-refractivity contribution < 1.29 is 19.7 Å². The van der Waals surface area contributed by atoms with Crippen molar-refractivity contribution in [3.05, 3.63) is 143 Å². The van der Waals surface area contributed by atoms with Crippen LogP contribution in [0.4, 0.5) is 0 Å². The van der Waals surface area contributed by atoms with Gasteiger partial charge in [0.2, 0.25) is 0 Å². The van der Waals surface area contributed by atoms with Gasteiger partial charge in [0, 0.05) is 33.4 Å². The molecule has 6 aromatic carbocycles. The quantitative estimate of drug-likeness (QED) is 0.114. The Morgan fingerprint density at radius 2 is 0.806 bits per heavy atom. The van der Waals surface area contributed by atoms with Gasteiger partial charge in [-0.2, -0.15) is 0 Å². The normalized spacial score (nSPS) is 12.2. The van der Waals surface area contributed by atoms with Crippen LogP contribution in [0.5, 0.6) is 23.0 Å². The standard InChI is InChI=1S/C58H70O4/c1-37(2)40-31-41(33-43(32-40)56(5,6)7)48-27-38(3)29-50(54(48)59)46-21-15-17-23-52(46)61-25-19-14-20-26-62-53-24-18-16-22-47(53)51-30-39(4)28-49(55(51)60)42-34-44(57(8,9)10)36-45(35-42)58(11,12)13/h15-18,21-24,27-37,59-60H,14,19-20,25-26H2,1-13H3. The van der Waals surface area contributed by atoms with Crippen LogP contribution in [0.1, 0.15) is 135 Å². The van der Waals surface area contributed by atoms with Crippen molar-refractivity contribution in [2.45, 2.75) is 131 Å². The maximum atomic E-state index is 12.0. The second-order valence-electron chi connectivity index (χ2n) is 20.7. The smallest absolute Gasteiger partial charge is 0.131 e. The van der Waals surface area contributed by atoms with Crippen molar-refractivity contribution in [1.29, 1.82) is 0 Å². The van der Waals surface area contributed by atoms with Gasteiger partial charge in [0.25, 0.3) is 0 Å². The van der Waals surface area contributed by atoms with E-state index in [2.05, 4.69) is 151 Å². The molecule has 4 nitrogen and oxygen atoms in total. The summed E-state index contributed by atoms with van der Waals surface area (Å²) < 4.78 is 12.9. The van der Waals surface area contributed by atoms with Gasteiger partial charge in [0.15, 0.2) is 0 Å². The molecule has 0 fully saturated rings. The number of hydrogen-bond donors (Lipinski definition) is 2. The minimum atomic E-state index is -0.0384. The van der Waals surface area contributed by atoms with E-state index in [-0.39, 0.29) is 27.7 Å². The van der Waals surface area contributed by atoms with Gasteiger partial charge in [-0.25, -0.2) is 0 Å².